The van der Waals surface area contributed by atoms with Gasteiger partial charge in [-0.1, -0.05) is 12.1 Å². The molecule has 2 aliphatic heterocycles. The standard InChI is InChI=1S/C33H37FN7O3/c1-23(25-10-15-36-31(22-25)37-35)38-16-11-24(12-17-38)32(42)39-18-13-27(14-19-39)41-30-5-3-2-4-29(30)40(33(41)43)20-21-44-28-8-6-26(34)7-9-28/h2-10,15,22-24,27H,11-14,16-21H2,1H3/q-1. The topological polar surface area (TPSA) is 107 Å². The second kappa shape index (κ2) is 13.1. The zero-order valence-electron chi connectivity index (χ0n) is 24.9. The number of fused-ring (bicyclic) bond motifs is 1. The molecule has 6 rings (SSSR count). The number of piperidine rings is 2. The van der Waals surface area contributed by atoms with E-state index in [1.54, 1.807) is 29.0 Å². The Hall–Kier alpha value is -4.38. The number of benzene rings is 2. The zero-order chi connectivity index (χ0) is 30.6. The van der Waals surface area contributed by atoms with E-state index in [1.807, 2.05) is 39.8 Å². The normalized spacial score (nSPS) is 17.5. The number of halogens is 1. The minimum absolute atomic E-state index is 0.00110. The second-order valence-corrected chi connectivity index (χ2v) is 11.7. The summed E-state index contributed by atoms with van der Waals surface area (Å²) < 4.78 is 22.6. The van der Waals surface area contributed by atoms with E-state index in [0.717, 1.165) is 55.4 Å². The number of hydrogen-bond donors (Lipinski definition) is 0. The first-order chi connectivity index (χ1) is 21.4. The van der Waals surface area contributed by atoms with Crippen molar-refractivity contribution in [1.29, 1.82) is 0 Å². The number of aromatic nitrogens is 3. The monoisotopic (exact) mass is 598 g/mol. The Kier molecular flexibility index (Phi) is 8.83. The predicted octanol–water partition coefficient (Wildman–Crippen LogP) is 5.71. The highest BCUT2D eigenvalue weighted by atomic mass is 19.1. The van der Waals surface area contributed by atoms with E-state index in [1.165, 1.54) is 12.1 Å². The smallest absolute Gasteiger partial charge is 0.329 e. The van der Waals surface area contributed by atoms with Gasteiger partial charge in [-0.25, -0.2) is 14.2 Å². The number of imidazole rings is 1. The molecule has 0 spiro atoms. The Balaban J connectivity index is 1.05. The van der Waals surface area contributed by atoms with Crippen molar-refractivity contribution < 1.29 is 13.9 Å². The van der Waals surface area contributed by atoms with Crippen molar-refractivity contribution >= 4 is 22.8 Å². The third-order valence-corrected chi connectivity index (χ3v) is 9.19. The molecule has 1 amide bonds. The third kappa shape index (κ3) is 6.14. The molecule has 2 saturated heterocycles. The Morgan fingerprint density at radius 1 is 1.02 bits per heavy atom. The molecule has 0 N–H and O–H groups in total. The number of carbonyl (C=O) groups is 1. The van der Waals surface area contributed by atoms with Gasteiger partial charge in [0, 0.05) is 37.3 Å². The van der Waals surface area contributed by atoms with Crippen molar-refractivity contribution in [3.8, 4) is 5.75 Å². The number of amides is 1. The molecule has 44 heavy (non-hydrogen) atoms. The summed E-state index contributed by atoms with van der Waals surface area (Å²) in [6.45, 7) is 5.68. The fourth-order valence-electron chi connectivity index (χ4n) is 6.68. The zero-order valence-corrected chi connectivity index (χ0v) is 24.9. The molecule has 2 aromatic heterocycles. The summed E-state index contributed by atoms with van der Waals surface area (Å²) in [5, 5.41) is 3.20. The van der Waals surface area contributed by atoms with Gasteiger partial charge in [0.05, 0.1) is 17.6 Å². The first-order valence-corrected chi connectivity index (χ1v) is 15.3. The van der Waals surface area contributed by atoms with Crippen molar-refractivity contribution in [1.82, 2.24) is 23.9 Å². The van der Waals surface area contributed by atoms with Crippen LogP contribution in [0.1, 0.15) is 50.3 Å². The van der Waals surface area contributed by atoms with Gasteiger partial charge >= 0.3 is 5.69 Å². The maximum absolute atomic E-state index is 13.7. The van der Waals surface area contributed by atoms with E-state index in [2.05, 4.69) is 21.9 Å². The summed E-state index contributed by atoms with van der Waals surface area (Å²) in [6, 6.07) is 17.5. The van der Waals surface area contributed by atoms with Crippen molar-refractivity contribution in [3.63, 3.8) is 0 Å². The van der Waals surface area contributed by atoms with E-state index in [9.17, 15) is 14.0 Å². The number of para-hydroxylation sites is 2. The number of carbonyl (C=O) groups excluding carboxylic acids is 1. The van der Waals surface area contributed by atoms with Gasteiger partial charge in [-0.2, -0.15) is 0 Å². The van der Waals surface area contributed by atoms with E-state index >= 15 is 0 Å². The lowest BCUT2D eigenvalue weighted by Gasteiger charge is -2.39. The number of pyridine rings is 1. The molecule has 2 aromatic carbocycles. The van der Waals surface area contributed by atoms with Crippen LogP contribution in [0.25, 0.3) is 16.6 Å². The van der Waals surface area contributed by atoms with Crippen LogP contribution < -0.4 is 10.4 Å². The highest BCUT2D eigenvalue weighted by Gasteiger charge is 2.33. The molecule has 0 radical (unpaired) electrons. The van der Waals surface area contributed by atoms with Gasteiger partial charge in [0.2, 0.25) is 5.91 Å². The molecular weight excluding hydrogens is 561 g/mol. The highest BCUT2D eigenvalue weighted by molar-refractivity contribution is 5.79. The van der Waals surface area contributed by atoms with E-state index < -0.39 is 0 Å². The fraction of sp³-hybridized carbons (Fsp3) is 0.424. The minimum Gasteiger partial charge on any atom is -0.705 e. The van der Waals surface area contributed by atoms with Crippen LogP contribution in [0, 0.1) is 11.7 Å². The number of ether oxygens (including phenoxy) is 1. The van der Waals surface area contributed by atoms with Crippen LogP contribution in [0.5, 0.6) is 5.75 Å². The molecular formula is C33H37FN7O3-. The van der Waals surface area contributed by atoms with Gasteiger partial charge in [-0.3, -0.25) is 18.8 Å². The van der Waals surface area contributed by atoms with Gasteiger partial charge in [-0.15, -0.1) is 0 Å². The maximum Gasteiger partial charge on any atom is 0.329 e. The van der Waals surface area contributed by atoms with Gasteiger partial charge in [0.25, 0.3) is 0 Å². The molecule has 1 unspecified atom stereocenters. The van der Waals surface area contributed by atoms with Gasteiger partial charge in [0.15, 0.2) is 0 Å². The summed E-state index contributed by atoms with van der Waals surface area (Å²) in [6.07, 6.45) is 4.71. The summed E-state index contributed by atoms with van der Waals surface area (Å²) in [7, 11) is 0. The van der Waals surface area contributed by atoms with E-state index in [-0.39, 0.29) is 42.0 Å². The average molecular weight is 599 g/mol. The van der Waals surface area contributed by atoms with Crippen molar-refractivity contribution in [2.45, 2.75) is 51.2 Å². The van der Waals surface area contributed by atoms with Crippen LogP contribution in [0.2, 0.25) is 0 Å². The van der Waals surface area contributed by atoms with Crippen molar-refractivity contribution in [3.05, 3.63) is 94.3 Å². The first-order valence-electron chi connectivity index (χ1n) is 15.3. The lowest BCUT2D eigenvalue weighted by Crippen LogP contribution is -2.46. The first kappa shape index (κ1) is 29.7. The molecule has 1 atom stereocenters. The van der Waals surface area contributed by atoms with Crippen molar-refractivity contribution in [2.24, 2.45) is 11.0 Å². The SMILES string of the molecule is CC(c1ccnc(N=[N-])c1)N1CCC(C(=O)N2CCC(n3c(=O)n(CCOc4ccc(F)cc4)c4ccccc43)CC2)CC1. The van der Waals surface area contributed by atoms with Gasteiger partial charge in [-0.05, 0) is 99.8 Å². The van der Waals surface area contributed by atoms with Crippen LogP contribution in [0.4, 0.5) is 10.2 Å². The van der Waals surface area contributed by atoms with Crippen LogP contribution in [-0.2, 0) is 11.3 Å². The average Bonchev–Trinajstić information content (AvgIpc) is 3.35. The third-order valence-electron chi connectivity index (χ3n) is 9.19. The summed E-state index contributed by atoms with van der Waals surface area (Å²) in [5.74, 6) is 0.750. The Morgan fingerprint density at radius 2 is 1.73 bits per heavy atom. The van der Waals surface area contributed by atoms with E-state index in [0.29, 0.717) is 31.2 Å². The highest BCUT2D eigenvalue weighted by Crippen LogP contribution is 2.31. The molecule has 0 aliphatic carbocycles. The molecule has 2 aliphatic rings. The Morgan fingerprint density at radius 3 is 2.43 bits per heavy atom. The lowest BCUT2D eigenvalue weighted by molar-refractivity contribution is -0.138. The number of hydrogen-bond acceptors (Lipinski definition) is 6. The van der Waals surface area contributed by atoms with Gasteiger partial charge < -0.3 is 20.3 Å². The predicted molar refractivity (Wildman–Crippen MR) is 165 cm³/mol. The molecule has 230 valence electrons. The fourth-order valence-corrected chi connectivity index (χ4v) is 6.68. The number of nitrogens with zero attached hydrogens (tertiary/aromatic N) is 7. The molecule has 0 bridgehead atoms. The number of rotatable bonds is 9. The number of likely N-dealkylation sites (tertiary alicyclic amines) is 2. The maximum atomic E-state index is 13.7. The van der Waals surface area contributed by atoms with Crippen LogP contribution in [-0.4, -0.2) is 62.6 Å². The van der Waals surface area contributed by atoms with Crippen LogP contribution >= 0.6 is 0 Å². The van der Waals surface area contributed by atoms with Crippen LogP contribution in [0.15, 0.2) is 76.8 Å². The summed E-state index contributed by atoms with van der Waals surface area (Å²) >= 11 is 0. The lowest BCUT2D eigenvalue weighted by atomic mass is 9.92. The van der Waals surface area contributed by atoms with E-state index in [4.69, 9.17) is 10.3 Å². The van der Waals surface area contributed by atoms with Crippen LogP contribution in [0.3, 0.4) is 0 Å². The molecule has 4 aromatic rings. The molecule has 11 heteroatoms. The molecule has 4 heterocycles. The largest absolute Gasteiger partial charge is 0.705 e. The van der Waals surface area contributed by atoms with Crippen molar-refractivity contribution in [2.75, 3.05) is 32.8 Å². The molecule has 2 fully saturated rings. The second-order valence-electron chi connectivity index (χ2n) is 11.7. The molecule has 10 nitrogen and oxygen atoms in total. The molecule has 0 saturated carbocycles. The Labute approximate surface area is 255 Å². The summed E-state index contributed by atoms with van der Waals surface area (Å²) in [5.41, 5.74) is 11.8. The summed E-state index contributed by atoms with van der Waals surface area (Å²) in [4.78, 5) is 35.6. The Bertz CT molecular complexity index is 1670. The quantitative estimate of drug-likeness (QED) is 0.230. The van der Waals surface area contributed by atoms with Gasteiger partial charge in [0.1, 0.15) is 24.0 Å². The minimum atomic E-state index is -0.322.